The molecule has 144 valence electrons. The Hall–Kier alpha value is -2.83. The Morgan fingerprint density at radius 3 is 2.63 bits per heavy atom. The minimum Gasteiger partial charge on any atom is -0.479 e. The highest BCUT2D eigenvalue weighted by atomic mass is 16.5. The summed E-state index contributed by atoms with van der Waals surface area (Å²) < 4.78 is 7.48. The molecule has 2 unspecified atom stereocenters. The van der Waals surface area contributed by atoms with Crippen LogP contribution in [-0.4, -0.2) is 45.7 Å². The Kier molecular flexibility index (Phi) is 4.95. The van der Waals surface area contributed by atoms with Crippen molar-refractivity contribution in [1.82, 2.24) is 14.7 Å². The van der Waals surface area contributed by atoms with E-state index in [4.69, 9.17) is 4.74 Å². The van der Waals surface area contributed by atoms with Gasteiger partial charge in [-0.25, -0.2) is 0 Å². The number of aromatic nitrogens is 2. The number of benzene rings is 1. The summed E-state index contributed by atoms with van der Waals surface area (Å²) in [4.78, 5) is 29.0. The van der Waals surface area contributed by atoms with Crippen molar-refractivity contribution in [3.63, 3.8) is 0 Å². The monoisotopic (exact) mass is 370 g/mol. The fourth-order valence-electron chi connectivity index (χ4n) is 3.50. The quantitative estimate of drug-likeness (QED) is 0.827. The summed E-state index contributed by atoms with van der Waals surface area (Å²) in [6, 6.07) is 6.67. The van der Waals surface area contributed by atoms with Crippen molar-refractivity contribution in [3.05, 3.63) is 41.2 Å². The summed E-state index contributed by atoms with van der Waals surface area (Å²) in [7, 11) is 3.64. The summed E-state index contributed by atoms with van der Waals surface area (Å²) in [5, 5.41) is 4.41. The van der Waals surface area contributed by atoms with Crippen LogP contribution in [0.2, 0.25) is 0 Å². The zero-order chi connectivity index (χ0) is 19.9. The van der Waals surface area contributed by atoms with E-state index in [1.54, 1.807) is 36.8 Å². The van der Waals surface area contributed by atoms with Crippen LogP contribution in [0.4, 0.5) is 5.69 Å². The molecule has 2 heterocycles. The van der Waals surface area contributed by atoms with E-state index in [2.05, 4.69) is 5.10 Å². The average Bonchev–Trinajstić information content (AvgIpc) is 2.87. The Balaban J connectivity index is 1.85. The van der Waals surface area contributed by atoms with Crippen molar-refractivity contribution in [3.8, 4) is 5.75 Å². The van der Waals surface area contributed by atoms with Gasteiger partial charge in [0.05, 0.1) is 11.4 Å². The van der Waals surface area contributed by atoms with Gasteiger partial charge < -0.3 is 9.64 Å². The minimum atomic E-state index is -0.632. The van der Waals surface area contributed by atoms with Crippen molar-refractivity contribution in [2.24, 2.45) is 7.05 Å². The lowest BCUT2D eigenvalue weighted by Gasteiger charge is -2.37. The first-order chi connectivity index (χ1) is 12.7. The Bertz CT molecular complexity index is 889. The second-order valence-corrected chi connectivity index (χ2v) is 7.08. The number of fused-ring (bicyclic) bond motifs is 1. The third-order valence-corrected chi connectivity index (χ3v) is 5.19. The molecule has 0 fully saturated rings. The van der Waals surface area contributed by atoms with Crippen LogP contribution < -0.4 is 9.64 Å². The molecule has 0 saturated heterocycles. The van der Waals surface area contributed by atoms with Crippen LogP contribution in [0.25, 0.3) is 0 Å². The van der Waals surface area contributed by atoms with Crippen molar-refractivity contribution in [1.29, 1.82) is 0 Å². The molecule has 7 nitrogen and oxygen atoms in total. The van der Waals surface area contributed by atoms with Gasteiger partial charge in [-0.1, -0.05) is 12.1 Å². The molecule has 3 rings (SSSR count). The van der Waals surface area contributed by atoms with Gasteiger partial charge in [-0.05, 0) is 39.8 Å². The molecule has 0 saturated carbocycles. The second-order valence-electron chi connectivity index (χ2n) is 7.08. The SMILES string of the molecule is Cc1nn(C)c(C)c1CN(C)C(=O)C(C)N1C(=O)C(C)Oc2ccccc21. The van der Waals surface area contributed by atoms with Crippen molar-refractivity contribution < 1.29 is 14.3 Å². The standard InChI is InChI=1S/C20H26N4O3/c1-12-16(13(2)23(6)21-12)11-22(5)19(25)14(3)24-17-9-7-8-10-18(17)27-15(4)20(24)26/h7-10,14-15H,11H2,1-6H3. The summed E-state index contributed by atoms with van der Waals surface area (Å²) in [6.45, 7) is 7.83. The molecule has 0 bridgehead atoms. The molecule has 0 radical (unpaired) electrons. The lowest BCUT2D eigenvalue weighted by atomic mass is 10.1. The van der Waals surface area contributed by atoms with E-state index in [1.165, 1.54) is 0 Å². The van der Waals surface area contributed by atoms with Gasteiger partial charge in [-0.2, -0.15) is 5.10 Å². The number of carbonyl (C=O) groups is 2. The van der Waals surface area contributed by atoms with Gasteiger partial charge in [0.15, 0.2) is 6.10 Å². The molecule has 0 N–H and O–H groups in total. The summed E-state index contributed by atoms with van der Waals surface area (Å²) in [5.74, 6) is 0.275. The number of para-hydroxylation sites is 2. The van der Waals surface area contributed by atoms with E-state index in [9.17, 15) is 9.59 Å². The number of ether oxygens (including phenoxy) is 1. The third-order valence-electron chi connectivity index (χ3n) is 5.19. The topological polar surface area (TPSA) is 67.7 Å². The maximum atomic E-state index is 13.1. The molecular weight excluding hydrogens is 344 g/mol. The van der Waals surface area contributed by atoms with Gasteiger partial charge in [-0.3, -0.25) is 19.2 Å². The number of carbonyl (C=O) groups excluding carboxylic acids is 2. The van der Waals surface area contributed by atoms with Gasteiger partial charge in [0.1, 0.15) is 11.8 Å². The van der Waals surface area contributed by atoms with E-state index in [0.717, 1.165) is 17.0 Å². The zero-order valence-corrected chi connectivity index (χ0v) is 16.7. The van der Waals surface area contributed by atoms with Gasteiger partial charge in [0, 0.05) is 31.9 Å². The number of hydrogen-bond donors (Lipinski definition) is 0. The van der Waals surface area contributed by atoms with Crippen LogP contribution in [0.3, 0.4) is 0 Å². The van der Waals surface area contributed by atoms with Crippen molar-refractivity contribution in [2.75, 3.05) is 11.9 Å². The minimum absolute atomic E-state index is 0.130. The highest BCUT2D eigenvalue weighted by Crippen LogP contribution is 2.35. The number of nitrogens with zero attached hydrogens (tertiary/aromatic N) is 4. The summed E-state index contributed by atoms with van der Waals surface area (Å²) in [5.41, 5.74) is 3.59. The Morgan fingerprint density at radius 1 is 1.33 bits per heavy atom. The fourth-order valence-corrected chi connectivity index (χ4v) is 3.50. The Morgan fingerprint density at radius 2 is 2.00 bits per heavy atom. The molecule has 27 heavy (non-hydrogen) atoms. The lowest BCUT2D eigenvalue weighted by molar-refractivity contribution is -0.135. The molecule has 2 atom stereocenters. The molecular formula is C20H26N4O3. The van der Waals surface area contributed by atoms with E-state index in [0.29, 0.717) is 18.0 Å². The summed E-state index contributed by atoms with van der Waals surface area (Å²) >= 11 is 0. The molecule has 2 aromatic rings. The normalized spacial score (nSPS) is 17.3. The van der Waals surface area contributed by atoms with Gasteiger partial charge in [-0.15, -0.1) is 0 Å². The maximum absolute atomic E-state index is 13.1. The van der Waals surface area contributed by atoms with Crippen LogP contribution in [0.15, 0.2) is 24.3 Å². The largest absolute Gasteiger partial charge is 0.479 e. The number of anilines is 1. The average molecular weight is 370 g/mol. The lowest BCUT2D eigenvalue weighted by Crippen LogP contribution is -2.54. The van der Waals surface area contributed by atoms with Crippen molar-refractivity contribution in [2.45, 2.75) is 46.4 Å². The van der Waals surface area contributed by atoms with Crippen LogP contribution in [0, 0.1) is 13.8 Å². The highest BCUT2D eigenvalue weighted by Gasteiger charge is 2.38. The van der Waals surface area contributed by atoms with E-state index < -0.39 is 12.1 Å². The predicted octanol–water partition coefficient (Wildman–Crippen LogP) is 2.20. The number of amides is 2. The van der Waals surface area contributed by atoms with E-state index >= 15 is 0 Å². The van der Waals surface area contributed by atoms with Crippen LogP contribution in [-0.2, 0) is 23.2 Å². The predicted molar refractivity (Wildman–Crippen MR) is 103 cm³/mol. The van der Waals surface area contributed by atoms with Gasteiger partial charge >= 0.3 is 0 Å². The molecule has 2 amide bonds. The van der Waals surface area contributed by atoms with Crippen LogP contribution >= 0.6 is 0 Å². The number of hydrogen-bond acceptors (Lipinski definition) is 4. The third kappa shape index (κ3) is 3.29. The highest BCUT2D eigenvalue weighted by molar-refractivity contribution is 6.05. The first-order valence-electron chi connectivity index (χ1n) is 9.05. The second kappa shape index (κ2) is 7.06. The van der Waals surface area contributed by atoms with Crippen molar-refractivity contribution >= 4 is 17.5 Å². The first-order valence-corrected chi connectivity index (χ1v) is 9.05. The number of aryl methyl sites for hydroxylation is 2. The van der Waals surface area contributed by atoms with E-state index in [1.807, 2.05) is 43.8 Å². The molecule has 0 spiro atoms. The molecule has 1 aromatic carbocycles. The molecule has 1 aromatic heterocycles. The van der Waals surface area contributed by atoms with Gasteiger partial charge in [0.25, 0.3) is 5.91 Å². The smallest absolute Gasteiger partial charge is 0.268 e. The first kappa shape index (κ1) is 18.9. The Labute approximate surface area is 159 Å². The molecule has 1 aliphatic rings. The molecule has 0 aliphatic carbocycles. The van der Waals surface area contributed by atoms with Crippen LogP contribution in [0.5, 0.6) is 5.75 Å². The summed E-state index contributed by atoms with van der Waals surface area (Å²) in [6.07, 6.45) is -0.622. The van der Waals surface area contributed by atoms with Crippen LogP contribution in [0.1, 0.15) is 30.8 Å². The molecule has 7 heteroatoms. The zero-order valence-electron chi connectivity index (χ0n) is 16.7. The fraction of sp³-hybridized carbons (Fsp3) is 0.450. The maximum Gasteiger partial charge on any atom is 0.268 e. The number of rotatable bonds is 4. The van der Waals surface area contributed by atoms with E-state index in [-0.39, 0.29) is 11.8 Å². The van der Waals surface area contributed by atoms with Gasteiger partial charge in [0.2, 0.25) is 5.91 Å². The number of likely N-dealkylation sites (N-methyl/N-ethyl adjacent to an activating group) is 1. The molecule has 1 aliphatic heterocycles.